The van der Waals surface area contributed by atoms with E-state index in [1.165, 1.54) is 0 Å². The number of amides is 1. The first-order chi connectivity index (χ1) is 8.31. The van der Waals surface area contributed by atoms with Crippen LogP contribution in [-0.4, -0.2) is 42.8 Å². The summed E-state index contributed by atoms with van der Waals surface area (Å²) in [5.41, 5.74) is 0. The molecular weight excluding hydrogens is 220 g/mol. The van der Waals surface area contributed by atoms with Crippen LogP contribution in [0.25, 0.3) is 0 Å². The maximum atomic E-state index is 11.7. The Bertz CT molecular complexity index is 371. The van der Waals surface area contributed by atoms with Crippen LogP contribution in [0.1, 0.15) is 6.42 Å². The van der Waals surface area contributed by atoms with Gasteiger partial charge in [-0.3, -0.25) is 4.79 Å². The summed E-state index contributed by atoms with van der Waals surface area (Å²) >= 11 is 0. The van der Waals surface area contributed by atoms with Crippen molar-refractivity contribution in [3.05, 3.63) is 18.5 Å². The number of hydrogen-bond acceptors (Lipinski definition) is 5. The molecule has 0 spiro atoms. The van der Waals surface area contributed by atoms with E-state index in [1.807, 2.05) is 4.90 Å². The third kappa shape index (κ3) is 2.91. The number of rotatable bonds is 4. The lowest BCUT2D eigenvalue weighted by molar-refractivity contribution is -0.125. The largest absolute Gasteiger partial charge is 0.364 e. The van der Waals surface area contributed by atoms with Crippen molar-refractivity contribution in [3.63, 3.8) is 0 Å². The Morgan fingerprint density at radius 1 is 1.59 bits per heavy atom. The quantitative estimate of drug-likeness (QED) is 0.747. The second-order valence-corrected chi connectivity index (χ2v) is 3.95. The molecule has 1 aromatic rings. The highest BCUT2D eigenvalue weighted by molar-refractivity contribution is 5.79. The molecule has 2 rings (SSSR count). The van der Waals surface area contributed by atoms with Crippen molar-refractivity contribution in [3.8, 4) is 0 Å². The monoisotopic (exact) mass is 236 g/mol. The summed E-state index contributed by atoms with van der Waals surface area (Å²) in [5.74, 6) is 0.716. The standard InChI is InChI=1S/C11H16N4O2/c1-17-8-14-10(16)9-3-6-15(7-9)11-12-4-2-5-13-11/h2,4-5,9H,3,6-8H2,1H3,(H,14,16). The summed E-state index contributed by atoms with van der Waals surface area (Å²) < 4.78 is 4.81. The van der Waals surface area contributed by atoms with Crippen LogP contribution in [0.2, 0.25) is 0 Å². The van der Waals surface area contributed by atoms with Crippen LogP contribution in [0.4, 0.5) is 5.95 Å². The molecule has 1 aromatic heterocycles. The van der Waals surface area contributed by atoms with Crippen LogP contribution >= 0.6 is 0 Å². The van der Waals surface area contributed by atoms with Crippen LogP contribution in [-0.2, 0) is 9.53 Å². The lowest BCUT2D eigenvalue weighted by Crippen LogP contribution is -2.34. The first-order valence-electron chi connectivity index (χ1n) is 5.60. The molecule has 2 heterocycles. The molecule has 0 radical (unpaired) electrons. The first kappa shape index (κ1) is 11.8. The molecule has 6 nitrogen and oxygen atoms in total. The molecule has 6 heteroatoms. The summed E-state index contributed by atoms with van der Waals surface area (Å²) in [4.78, 5) is 22.1. The summed E-state index contributed by atoms with van der Waals surface area (Å²) in [6.45, 7) is 1.74. The fraction of sp³-hybridized carbons (Fsp3) is 0.545. The van der Waals surface area contributed by atoms with Gasteiger partial charge < -0.3 is 15.0 Å². The van der Waals surface area contributed by atoms with Crippen molar-refractivity contribution in [1.82, 2.24) is 15.3 Å². The van der Waals surface area contributed by atoms with E-state index >= 15 is 0 Å². The molecule has 17 heavy (non-hydrogen) atoms. The molecule has 0 bridgehead atoms. The number of hydrogen-bond donors (Lipinski definition) is 1. The second-order valence-electron chi connectivity index (χ2n) is 3.95. The number of nitrogens with one attached hydrogen (secondary N) is 1. The normalized spacial score (nSPS) is 19.4. The number of ether oxygens (including phenoxy) is 1. The topological polar surface area (TPSA) is 67.3 Å². The Balaban J connectivity index is 1.89. The lowest BCUT2D eigenvalue weighted by atomic mass is 10.1. The first-order valence-corrected chi connectivity index (χ1v) is 5.60. The van der Waals surface area contributed by atoms with Gasteiger partial charge >= 0.3 is 0 Å². The summed E-state index contributed by atoms with van der Waals surface area (Å²) in [7, 11) is 1.55. The van der Waals surface area contributed by atoms with Crippen molar-refractivity contribution in [1.29, 1.82) is 0 Å². The molecule has 0 aliphatic carbocycles. The number of nitrogens with zero attached hydrogens (tertiary/aromatic N) is 3. The average Bonchev–Trinajstić information content (AvgIpc) is 2.86. The van der Waals surface area contributed by atoms with Gasteiger partial charge in [0.2, 0.25) is 11.9 Å². The van der Waals surface area contributed by atoms with Gasteiger partial charge in [0.1, 0.15) is 6.73 Å². The van der Waals surface area contributed by atoms with E-state index in [-0.39, 0.29) is 18.6 Å². The third-order valence-corrected chi connectivity index (χ3v) is 2.78. The van der Waals surface area contributed by atoms with E-state index in [2.05, 4.69) is 15.3 Å². The van der Waals surface area contributed by atoms with Crippen LogP contribution in [0.15, 0.2) is 18.5 Å². The molecular formula is C11H16N4O2. The summed E-state index contributed by atoms with van der Waals surface area (Å²) in [6.07, 6.45) is 4.25. The van der Waals surface area contributed by atoms with Crippen LogP contribution in [0.5, 0.6) is 0 Å². The van der Waals surface area contributed by atoms with Crippen LogP contribution < -0.4 is 10.2 Å². The van der Waals surface area contributed by atoms with Crippen molar-refractivity contribution >= 4 is 11.9 Å². The minimum atomic E-state index is -0.00560. The zero-order valence-electron chi connectivity index (χ0n) is 9.80. The molecule has 92 valence electrons. The highest BCUT2D eigenvalue weighted by Crippen LogP contribution is 2.20. The maximum Gasteiger partial charge on any atom is 0.226 e. The van der Waals surface area contributed by atoms with Crippen molar-refractivity contribution in [2.75, 3.05) is 31.8 Å². The smallest absolute Gasteiger partial charge is 0.226 e. The van der Waals surface area contributed by atoms with Gasteiger partial charge in [0, 0.05) is 32.6 Å². The molecule has 1 saturated heterocycles. The zero-order chi connectivity index (χ0) is 12.1. The van der Waals surface area contributed by atoms with E-state index in [4.69, 9.17) is 4.74 Å². The predicted octanol–water partition coefficient (Wildman–Crippen LogP) is 0.0230. The Labute approximate surface area is 100 Å². The van der Waals surface area contributed by atoms with Gasteiger partial charge in [0.15, 0.2) is 0 Å². The fourth-order valence-electron chi connectivity index (χ4n) is 1.90. The zero-order valence-corrected chi connectivity index (χ0v) is 9.80. The number of carbonyl (C=O) groups is 1. The van der Waals surface area contributed by atoms with Gasteiger partial charge in [-0.1, -0.05) is 0 Å². The molecule has 1 aliphatic rings. The highest BCUT2D eigenvalue weighted by atomic mass is 16.5. The molecule has 0 saturated carbocycles. The van der Waals surface area contributed by atoms with Crippen molar-refractivity contribution < 1.29 is 9.53 Å². The molecule has 1 atom stereocenters. The summed E-state index contributed by atoms with van der Waals surface area (Å²) in [6, 6.07) is 1.78. The molecule has 0 aromatic carbocycles. The molecule has 1 N–H and O–H groups in total. The van der Waals surface area contributed by atoms with Gasteiger partial charge in [0.05, 0.1) is 5.92 Å². The van der Waals surface area contributed by atoms with E-state index in [0.29, 0.717) is 12.5 Å². The molecule has 1 unspecified atom stereocenters. The van der Waals surface area contributed by atoms with Gasteiger partial charge in [-0.15, -0.1) is 0 Å². The predicted molar refractivity (Wildman–Crippen MR) is 62.4 cm³/mol. The molecule has 1 fully saturated rings. The second kappa shape index (κ2) is 5.58. The van der Waals surface area contributed by atoms with Crippen LogP contribution in [0.3, 0.4) is 0 Å². The average molecular weight is 236 g/mol. The van der Waals surface area contributed by atoms with E-state index in [1.54, 1.807) is 25.6 Å². The molecule has 1 aliphatic heterocycles. The van der Waals surface area contributed by atoms with Gasteiger partial charge in [-0.05, 0) is 12.5 Å². The van der Waals surface area contributed by atoms with Crippen molar-refractivity contribution in [2.24, 2.45) is 5.92 Å². The maximum absolute atomic E-state index is 11.7. The Hall–Kier alpha value is -1.69. The Kier molecular flexibility index (Phi) is 3.87. The Morgan fingerprint density at radius 2 is 2.35 bits per heavy atom. The van der Waals surface area contributed by atoms with E-state index in [9.17, 15) is 4.79 Å². The van der Waals surface area contributed by atoms with Gasteiger partial charge in [0.25, 0.3) is 0 Å². The summed E-state index contributed by atoms with van der Waals surface area (Å²) in [5, 5.41) is 2.72. The van der Waals surface area contributed by atoms with Gasteiger partial charge in [-0.2, -0.15) is 0 Å². The van der Waals surface area contributed by atoms with E-state index < -0.39 is 0 Å². The minimum Gasteiger partial charge on any atom is -0.364 e. The highest BCUT2D eigenvalue weighted by Gasteiger charge is 2.29. The van der Waals surface area contributed by atoms with Crippen LogP contribution in [0, 0.1) is 5.92 Å². The third-order valence-electron chi connectivity index (χ3n) is 2.78. The van der Waals surface area contributed by atoms with Gasteiger partial charge in [-0.25, -0.2) is 9.97 Å². The number of methoxy groups -OCH3 is 1. The SMILES string of the molecule is COCNC(=O)C1CCN(c2ncccn2)C1. The Morgan fingerprint density at radius 3 is 3.06 bits per heavy atom. The lowest BCUT2D eigenvalue weighted by Gasteiger charge is -2.15. The number of anilines is 1. The minimum absolute atomic E-state index is 0.00560. The van der Waals surface area contributed by atoms with E-state index in [0.717, 1.165) is 13.0 Å². The number of carbonyl (C=O) groups excluding carboxylic acids is 1. The number of aromatic nitrogens is 2. The molecule has 1 amide bonds. The van der Waals surface area contributed by atoms with Crippen molar-refractivity contribution in [2.45, 2.75) is 6.42 Å². The fourth-order valence-corrected chi connectivity index (χ4v) is 1.90.